The first kappa shape index (κ1) is 13.0. The summed E-state index contributed by atoms with van der Waals surface area (Å²) in [5.41, 5.74) is 5.87. The maximum atomic E-state index is 12.8. The number of rotatable bonds is 1. The van der Waals surface area contributed by atoms with E-state index in [-0.39, 0.29) is 10.8 Å². The first-order chi connectivity index (χ1) is 10.2. The van der Waals surface area contributed by atoms with E-state index in [1.165, 1.54) is 16.7 Å². The molecule has 106 valence electrons. The fraction of sp³-hybridized carbons (Fsp3) is 0.278. The third kappa shape index (κ3) is 1.53. The third-order valence-electron chi connectivity index (χ3n) is 4.74. The molecular formula is C18H17NOS. The molecule has 0 radical (unpaired) electrons. The van der Waals surface area contributed by atoms with Gasteiger partial charge in [0.15, 0.2) is 0 Å². The highest BCUT2D eigenvalue weighted by Crippen LogP contribution is 2.55. The predicted octanol–water partition coefficient (Wildman–Crippen LogP) is 3.71. The molecule has 1 amide bonds. The van der Waals surface area contributed by atoms with Crippen LogP contribution in [-0.4, -0.2) is 23.1 Å². The number of benzene rings is 2. The van der Waals surface area contributed by atoms with E-state index >= 15 is 0 Å². The van der Waals surface area contributed by atoms with Crippen molar-refractivity contribution in [2.24, 2.45) is 0 Å². The van der Waals surface area contributed by atoms with Gasteiger partial charge in [-0.05, 0) is 36.6 Å². The number of aryl methyl sites for hydroxylation is 1. The van der Waals surface area contributed by atoms with Crippen LogP contribution in [0, 0.1) is 13.8 Å². The first-order valence-corrected chi connectivity index (χ1v) is 8.27. The van der Waals surface area contributed by atoms with Crippen LogP contribution >= 0.6 is 11.8 Å². The molecule has 2 aliphatic heterocycles. The van der Waals surface area contributed by atoms with Crippen molar-refractivity contribution in [3.63, 3.8) is 0 Å². The molecule has 1 unspecified atom stereocenters. The van der Waals surface area contributed by atoms with Crippen molar-refractivity contribution in [2.45, 2.75) is 18.7 Å². The molecule has 0 spiro atoms. The lowest BCUT2D eigenvalue weighted by molar-refractivity contribution is 0.0752. The minimum atomic E-state index is -0.316. The Bertz CT molecular complexity index is 755. The highest BCUT2D eigenvalue weighted by atomic mass is 32.2. The monoisotopic (exact) mass is 295 g/mol. The molecule has 21 heavy (non-hydrogen) atoms. The smallest absolute Gasteiger partial charge is 0.255 e. The molecule has 4 rings (SSSR count). The minimum absolute atomic E-state index is 0.177. The van der Waals surface area contributed by atoms with Gasteiger partial charge in [-0.25, -0.2) is 0 Å². The van der Waals surface area contributed by atoms with Crippen molar-refractivity contribution in [1.29, 1.82) is 0 Å². The molecule has 1 saturated heterocycles. The lowest BCUT2D eigenvalue weighted by Gasteiger charge is -2.34. The molecule has 0 saturated carbocycles. The molecule has 2 heterocycles. The number of carbonyl (C=O) groups is 1. The second-order valence-electron chi connectivity index (χ2n) is 5.74. The van der Waals surface area contributed by atoms with Crippen molar-refractivity contribution >= 4 is 17.7 Å². The predicted molar refractivity (Wildman–Crippen MR) is 86.6 cm³/mol. The van der Waals surface area contributed by atoms with Crippen LogP contribution in [0.15, 0.2) is 42.5 Å². The van der Waals surface area contributed by atoms with Crippen molar-refractivity contribution < 1.29 is 4.79 Å². The van der Waals surface area contributed by atoms with Crippen LogP contribution in [0.25, 0.3) is 0 Å². The van der Waals surface area contributed by atoms with E-state index in [0.29, 0.717) is 0 Å². The van der Waals surface area contributed by atoms with E-state index in [1.807, 2.05) is 30.0 Å². The fourth-order valence-electron chi connectivity index (χ4n) is 3.58. The van der Waals surface area contributed by atoms with Crippen LogP contribution in [0.4, 0.5) is 0 Å². The number of fused-ring (bicyclic) bond motifs is 3. The summed E-state index contributed by atoms with van der Waals surface area (Å²) < 4.78 is 0. The standard InChI is InChI=1S/C18H17NOS/c1-12-6-5-9-15(13(12)2)18-16-8-4-3-7-14(16)17(20)19(18)10-11-21-18/h3-9H,10-11H2,1-2H3. The molecule has 0 aromatic heterocycles. The van der Waals surface area contributed by atoms with Crippen LogP contribution < -0.4 is 0 Å². The van der Waals surface area contributed by atoms with Gasteiger partial charge in [0.1, 0.15) is 4.87 Å². The van der Waals surface area contributed by atoms with Crippen molar-refractivity contribution in [3.05, 3.63) is 70.3 Å². The van der Waals surface area contributed by atoms with Crippen molar-refractivity contribution in [3.8, 4) is 0 Å². The molecule has 0 bridgehead atoms. The Balaban J connectivity index is 2.05. The average Bonchev–Trinajstić information content (AvgIpc) is 3.03. The van der Waals surface area contributed by atoms with Gasteiger partial charge in [-0.2, -0.15) is 0 Å². The number of hydrogen-bond acceptors (Lipinski definition) is 2. The Labute approximate surface area is 129 Å². The van der Waals surface area contributed by atoms with E-state index in [9.17, 15) is 4.79 Å². The van der Waals surface area contributed by atoms with Gasteiger partial charge in [0, 0.05) is 23.4 Å². The van der Waals surface area contributed by atoms with Crippen LogP contribution in [-0.2, 0) is 4.87 Å². The maximum Gasteiger partial charge on any atom is 0.255 e. The van der Waals surface area contributed by atoms with Gasteiger partial charge in [-0.1, -0.05) is 36.4 Å². The van der Waals surface area contributed by atoms with Gasteiger partial charge in [0.25, 0.3) is 5.91 Å². The fourth-order valence-corrected chi connectivity index (χ4v) is 5.19. The molecule has 2 aliphatic rings. The maximum absolute atomic E-state index is 12.8. The van der Waals surface area contributed by atoms with Crippen LogP contribution in [0.5, 0.6) is 0 Å². The van der Waals surface area contributed by atoms with E-state index < -0.39 is 0 Å². The molecule has 2 nitrogen and oxygen atoms in total. The Kier molecular flexibility index (Phi) is 2.70. The van der Waals surface area contributed by atoms with Gasteiger partial charge < -0.3 is 4.90 Å². The van der Waals surface area contributed by atoms with Crippen LogP contribution in [0.3, 0.4) is 0 Å². The van der Waals surface area contributed by atoms with Crippen molar-refractivity contribution in [2.75, 3.05) is 12.3 Å². The van der Waals surface area contributed by atoms with Gasteiger partial charge in [0.05, 0.1) is 0 Å². The molecule has 1 atom stereocenters. The zero-order chi connectivity index (χ0) is 14.6. The molecule has 0 N–H and O–H groups in total. The number of hydrogen-bond donors (Lipinski definition) is 0. The summed E-state index contributed by atoms with van der Waals surface area (Å²) in [6.45, 7) is 5.13. The van der Waals surface area contributed by atoms with E-state index in [2.05, 4.69) is 43.0 Å². The minimum Gasteiger partial charge on any atom is -0.315 e. The first-order valence-electron chi connectivity index (χ1n) is 7.28. The number of nitrogens with zero attached hydrogens (tertiary/aromatic N) is 1. The lowest BCUT2D eigenvalue weighted by Crippen LogP contribution is -2.38. The summed E-state index contributed by atoms with van der Waals surface area (Å²) in [4.78, 5) is 14.5. The summed E-state index contributed by atoms with van der Waals surface area (Å²) >= 11 is 1.89. The summed E-state index contributed by atoms with van der Waals surface area (Å²) in [5.74, 6) is 1.17. The van der Waals surface area contributed by atoms with E-state index in [0.717, 1.165) is 23.4 Å². The van der Waals surface area contributed by atoms with Crippen LogP contribution in [0.2, 0.25) is 0 Å². The molecule has 2 aromatic rings. The Morgan fingerprint density at radius 2 is 1.81 bits per heavy atom. The Hall–Kier alpha value is -1.74. The molecule has 3 heteroatoms. The van der Waals surface area contributed by atoms with Crippen LogP contribution in [0.1, 0.15) is 32.6 Å². The van der Waals surface area contributed by atoms with Gasteiger partial charge >= 0.3 is 0 Å². The summed E-state index contributed by atoms with van der Waals surface area (Å²) in [7, 11) is 0. The Morgan fingerprint density at radius 3 is 2.67 bits per heavy atom. The SMILES string of the molecule is Cc1cccc(C23SCCN2C(=O)c2ccccc23)c1C. The normalized spacial score (nSPS) is 23.3. The largest absolute Gasteiger partial charge is 0.315 e. The summed E-state index contributed by atoms with van der Waals surface area (Å²) in [6, 6.07) is 14.5. The zero-order valence-electron chi connectivity index (χ0n) is 12.2. The number of amides is 1. The van der Waals surface area contributed by atoms with Gasteiger partial charge in [-0.15, -0.1) is 11.8 Å². The third-order valence-corrected chi connectivity index (χ3v) is 6.21. The molecular weight excluding hydrogens is 278 g/mol. The Morgan fingerprint density at radius 1 is 1.05 bits per heavy atom. The highest BCUT2D eigenvalue weighted by Gasteiger charge is 2.54. The van der Waals surface area contributed by atoms with E-state index in [4.69, 9.17) is 0 Å². The quantitative estimate of drug-likeness (QED) is 0.799. The van der Waals surface area contributed by atoms with Gasteiger partial charge in [-0.3, -0.25) is 4.79 Å². The summed E-state index contributed by atoms with van der Waals surface area (Å²) in [5, 5.41) is 0. The molecule has 1 fully saturated rings. The molecule has 0 aliphatic carbocycles. The van der Waals surface area contributed by atoms with E-state index in [1.54, 1.807) is 0 Å². The van der Waals surface area contributed by atoms with Gasteiger partial charge in [0.2, 0.25) is 0 Å². The number of carbonyl (C=O) groups excluding carboxylic acids is 1. The second-order valence-corrected chi connectivity index (χ2v) is 7.03. The molecule has 2 aromatic carbocycles. The summed E-state index contributed by atoms with van der Waals surface area (Å²) in [6.07, 6.45) is 0. The van der Waals surface area contributed by atoms with Crippen molar-refractivity contribution in [1.82, 2.24) is 4.90 Å². The zero-order valence-corrected chi connectivity index (χ0v) is 13.0. The average molecular weight is 295 g/mol. The lowest BCUT2D eigenvalue weighted by atomic mass is 9.91. The topological polar surface area (TPSA) is 20.3 Å². The second kappa shape index (κ2) is 4.38. The number of thioether (sulfide) groups is 1. The highest BCUT2D eigenvalue weighted by molar-refractivity contribution is 8.00.